The lowest BCUT2D eigenvalue weighted by atomic mass is 9.77. The Bertz CT molecular complexity index is 628. The van der Waals surface area contributed by atoms with Gasteiger partial charge in [-0.3, -0.25) is 4.79 Å². The van der Waals surface area contributed by atoms with Gasteiger partial charge in [0.15, 0.2) is 0 Å². The third kappa shape index (κ3) is 3.23. The minimum atomic E-state index is -0.434. The molecule has 5 heteroatoms. The molecular formula is C18H22Cl2FNO. The van der Waals surface area contributed by atoms with Crippen LogP contribution in [0, 0.1) is 23.1 Å². The van der Waals surface area contributed by atoms with Crippen LogP contribution in [-0.2, 0) is 4.79 Å². The summed E-state index contributed by atoms with van der Waals surface area (Å²) in [7, 11) is 0. The van der Waals surface area contributed by atoms with E-state index in [1.165, 1.54) is 12.1 Å². The van der Waals surface area contributed by atoms with Crippen molar-refractivity contribution in [1.82, 2.24) is 5.32 Å². The molecule has 1 N–H and O–H groups in total. The number of nitrogens with one attached hydrogen (secondary N) is 1. The van der Waals surface area contributed by atoms with E-state index in [4.69, 9.17) is 23.2 Å². The summed E-state index contributed by atoms with van der Waals surface area (Å²) in [6.07, 6.45) is 4.97. The number of benzene rings is 1. The SMILES string of the molecule is CC1CC1C(=O)NC(c1c(F)ccc(Cl)c1Cl)C1(C)CCCC1. The van der Waals surface area contributed by atoms with Crippen molar-refractivity contribution in [3.63, 3.8) is 0 Å². The molecule has 126 valence electrons. The minimum absolute atomic E-state index is 0.00562. The summed E-state index contributed by atoms with van der Waals surface area (Å²) in [4.78, 5) is 12.5. The highest BCUT2D eigenvalue weighted by atomic mass is 35.5. The van der Waals surface area contributed by atoms with Gasteiger partial charge in [0.1, 0.15) is 5.82 Å². The highest BCUT2D eigenvalue weighted by Crippen LogP contribution is 2.50. The Morgan fingerprint density at radius 2 is 1.96 bits per heavy atom. The standard InChI is InChI=1S/C18H22Cl2FNO/c1-10-9-11(10)17(23)22-16(18(2)7-3-4-8-18)14-13(21)6-5-12(19)15(14)20/h5-6,10-11,16H,3-4,7-9H2,1-2H3,(H,22,23). The monoisotopic (exact) mass is 357 g/mol. The van der Waals surface area contributed by atoms with E-state index in [1.54, 1.807) is 0 Å². The van der Waals surface area contributed by atoms with Crippen LogP contribution in [0.3, 0.4) is 0 Å². The zero-order chi connectivity index (χ0) is 16.8. The van der Waals surface area contributed by atoms with E-state index >= 15 is 0 Å². The molecule has 0 spiro atoms. The van der Waals surface area contributed by atoms with Crippen LogP contribution in [0.25, 0.3) is 0 Å². The van der Waals surface area contributed by atoms with Crippen LogP contribution < -0.4 is 5.32 Å². The van der Waals surface area contributed by atoms with Crippen LogP contribution in [0.2, 0.25) is 10.0 Å². The van der Waals surface area contributed by atoms with Crippen molar-refractivity contribution in [1.29, 1.82) is 0 Å². The maximum absolute atomic E-state index is 14.6. The number of hydrogen-bond acceptors (Lipinski definition) is 1. The van der Waals surface area contributed by atoms with Crippen LogP contribution >= 0.6 is 23.2 Å². The van der Waals surface area contributed by atoms with Crippen LogP contribution in [0.5, 0.6) is 0 Å². The van der Waals surface area contributed by atoms with E-state index in [1.807, 2.05) is 0 Å². The van der Waals surface area contributed by atoms with Crippen LogP contribution in [0.1, 0.15) is 57.6 Å². The van der Waals surface area contributed by atoms with Crippen molar-refractivity contribution in [3.05, 3.63) is 33.6 Å². The molecule has 3 rings (SSSR count). The van der Waals surface area contributed by atoms with Crippen LogP contribution in [0.15, 0.2) is 12.1 Å². The number of halogens is 3. The van der Waals surface area contributed by atoms with Gasteiger partial charge in [0, 0.05) is 11.5 Å². The molecule has 2 saturated carbocycles. The topological polar surface area (TPSA) is 29.1 Å². The summed E-state index contributed by atoms with van der Waals surface area (Å²) in [5, 5.41) is 3.63. The molecule has 2 nitrogen and oxygen atoms in total. The summed E-state index contributed by atoms with van der Waals surface area (Å²) >= 11 is 12.4. The quantitative estimate of drug-likeness (QED) is 0.705. The zero-order valence-corrected chi connectivity index (χ0v) is 15.0. The van der Waals surface area contributed by atoms with E-state index in [0.29, 0.717) is 16.5 Å². The summed E-state index contributed by atoms with van der Waals surface area (Å²) in [5.74, 6) is 0.0583. The van der Waals surface area contributed by atoms with Gasteiger partial charge in [-0.2, -0.15) is 0 Å². The van der Waals surface area contributed by atoms with Gasteiger partial charge in [0.05, 0.1) is 16.1 Å². The van der Waals surface area contributed by atoms with Crippen molar-refractivity contribution >= 4 is 29.1 Å². The maximum Gasteiger partial charge on any atom is 0.223 e. The van der Waals surface area contributed by atoms with E-state index in [9.17, 15) is 9.18 Å². The molecule has 2 aliphatic carbocycles. The Balaban J connectivity index is 1.98. The molecular weight excluding hydrogens is 336 g/mol. The van der Waals surface area contributed by atoms with E-state index in [0.717, 1.165) is 32.1 Å². The fraction of sp³-hybridized carbons (Fsp3) is 0.611. The van der Waals surface area contributed by atoms with Gasteiger partial charge >= 0.3 is 0 Å². The first-order valence-corrected chi connectivity index (χ1v) is 9.03. The Morgan fingerprint density at radius 1 is 1.35 bits per heavy atom. The number of hydrogen-bond donors (Lipinski definition) is 1. The van der Waals surface area contributed by atoms with E-state index in [-0.39, 0.29) is 22.3 Å². The second-order valence-corrected chi connectivity index (χ2v) is 8.16. The van der Waals surface area contributed by atoms with Gasteiger partial charge in [-0.25, -0.2) is 4.39 Å². The predicted molar refractivity (Wildman–Crippen MR) is 91.1 cm³/mol. The molecule has 0 heterocycles. The molecule has 1 amide bonds. The van der Waals surface area contributed by atoms with Gasteiger partial charge in [0.25, 0.3) is 0 Å². The minimum Gasteiger partial charge on any atom is -0.348 e. The van der Waals surface area contributed by atoms with Gasteiger partial charge in [-0.05, 0) is 42.7 Å². The highest BCUT2D eigenvalue weighted by Gasteiger charge is 2.45. The first-order chi connectivity index (χ1) is 10.8. The fourth-order valence-electron chi connectivity index (χ4n) is 3.81. The first kappa shape index (κ1) is 17.0. The molecule has 1 aromatic rings. The highest BCUT2D eigenvalue weighted by molar-refractivity contribution is 6.42. The second-order valence-electron chi connectivity index (χ2n) is 7.38. The third-order valence-corrected chi connectivity index (χ3v) is 6.36. The average Bonchev–Trinajstić information content (AvgIpc) is 3.07. The molecule has 3 atom stereocenters. The Labute approximate surface area is 146 Å². The van der Waals surface area contributed by atoms with Gasteiger partial charge in [0.2, 0.25) is 5.91 Å². The number of amides is 1. The van der Waals surface area contributed by atoms with Crippen molar-refractivity contribution in [3.8, 4) is 0 Å². The molecule has 3 unspecified atom stereocenters. The van der Waals surface area contributed by atoms with Crippen LogP contribution in [0.4, 0.5) is 4.39 Å². The number of rotatable bonds is 4. The number of carbonyl (C=O) groups excluding carboxylic acids is 1. The van der Waals surface area contributed by atoms with Crippen LogP contribution in [-0.4, -0.2) is 5.91 Å². The Morgan fingerprint density at radius 3 is 2.52 bits per heavy atom. The fourth-order valence-corrected chi connectivity index (χ4v) is 4.24. The van der Waals surface area contributed by atoms with Crippen molar-refractivity contribution in [2.75, 3.05) is 0 Å². The normalized spacial score (nSPS) is 26.8. The summed E-state index contributed by atoms with van der Waals surface area (Å²) in [5.41, 5.74) is 0.147. The molecule has 0 radical (unpaired) electrons. The van der Waals surface area contributed by atoms with Gasteiger partial charge < -0.3 is 5.32 Å². The Hall–Kier alpha value is -0.800. The smallest absolute Gasteiger partial charge is 0.223 e. The maximum atomic E-state index is 14.6. The molecule has 0 aromatic heterocycles. The van der Waals surface area contributed by atoms with Crippen molar-refractivity contribution in [2.24, 2.45) is 17.3 Å². The summed E-state index contributed by atoms with van der Waals surface area (Å²) < 4.78 is 14.6. The first-order valence-electron chi connectivity index (χ1n) is 8.27. The lowest BCUT2D eigenvalue weighted by Crippen LogP contribution is -2.40. The van der Waals surface area contributed by atoms with Crippen molar-refractivity contribution in [2.45, 2.75) is 52.0 Å². The second kappa shape index (κ2) is 6.25. The lowest BCUT2D eigenvalue weighted by molar-refractivity contribution is -0.124. The summed E-state index contributed by atoms with van der Waals surface area (Å²) in [6.45, 7) is 4.17. The van der Waals surface area contributed by atoms with E-state index in [2.05, 4.69) is 19.2 Å². The third-order valence-electron chi connectivity index (χ3n) is 5.54. The largest absolute Gasteiger partial charge is 0.348 e. The molecule has 0 saturated heterocycles. The lowest BCUT2D eigenvalue weighted by Gasteiger charge is -2.36. The number of carbonyl (C=O) groups is 1. The van der Waals surface area contributed by atoms with Gasteiger partial charge in [-0.1, -0.05) is 49.9 Å². The van der Waals surface area contributed by atoms with Gasteiger partial charge in [-0.15, -0.1) is 0 Å². The predicted octanol–water partition coefficient (Wildman–Crippen LogP) is 5.53. The van der Waals surface area contributed by atoms with E-state index < -0.39 is 11.9 Å². The summed E-state index contributed by atoms with van der Waals surface area (Å²) in [6, 6.07) is 2.36. The average molecular weight is 358 g/mol. The Kier molecular flexibility index (Phi) is 4.63. The molecule has 2 fully saturated rings. The molecule has 23 heavy (non-hydrogen) atoms. The molecule has 0 bridgehead atoms. The molecule has 0 aliphatic heterocycles. The zero-order valence-electron chi connectivity index (χ0n) is 13.5. The molecule has 2 aliphatic rings. The molecule has 1 aromatic carbocycles. The van der Waals surface area contributed by atoms with Crippen molar-refractivity contribution < 1.29 is 9.18 Å².